The molecule has 3 aliphatic heterocycles. The second-order valence-electron chi connectivity index (χ2n) is 7.71. The number of carbonyl (C=O) groups is 1. The number of likely N-dealkylation sites (tertiary alicyclic amines) is 2. The Labute approximate surface area is 132 Å². The zero-order valence-electron chi connectivity index (χ0n) is 13.4. The second kappa shape index (κ2) is 5.45. The van der Waals surface area contributed by atoms with E-state index in [0.29, 0.717) is 32.0 Å². The van der Waals surface area contributed by atoms with Crippen LogP contribution in [-0.2, 0) is 9.53 Å². The van der Waals surface area contributed by atoms with Crippen molar-refractivity contribution >= 4 is 5.91 Å². The molecule has 0 aromatic heterocycles. The van der Waals surface area contributed by atoms with Gasteiger partial charge in [0, 0.05) is 19.1 Å². The van der Waals surface area contributed by atoms with Crippen LogP contribution in [0.3, 0.4) is 0 Å². The van der Waals surface area contributed by atoms with Gasteiger partial charge >= 0.3 is 0 Å². The minimum atomic E-state index is -1.54. The Bertz CT molecular complexity index is 438. The van der Waals surface area contributed by atoms with Crippen LogP contribution in [0, 0.1) is 0 Å². The zero-order chi connectivity index (χ0) is 15.2. The van der Waals surface area contributed by atoms with Gasteiger partial charge in [0.05, 0.1) is 12.2 Å². The maximum atomic E-state index is 14.3. The maximum Gasteiger partial charge on any atom is 0.260 e. The highest BCUT2D eigenvalue weighted by Gasteiger charge is 2.50. The highest BCUT2D eigenvalue weighted by atomic mass is 19.1. The van der Waals surface area contributed by atoms with Crippen LogP contribution in [0.25, 0.3) is 0 Å². The monoisotopic (exact) mass is 310 g/mol. The molecule has 124 valence electrons. The molecule has 4 rings (SSSR count). The number of hydrogen-bond acceptors (Lipinski definition) is 3. The van der Waals surface area contributed by atoms with Gasteiger partial charge < -0.3 is 9.64 Å². The van der Waals surface area contributed by atoms with Crippen molar-refractivity contribution in [3.8, 4) is 0 Å². The fourth-order valence-electron chi connectivity index (χ4n) is 4.61. The Kier molecular flexibility index (Phi) is 3.68. The summed E-state index contributed by atoms with van der Waals surface area (Å²) < 4.78 is 20.5. The van der Waals surface area contributed by atoms with E-state index in [2.05, 4.69) is 4.90 Å². The summed E-state index contributed by atoms with van der Waals surface area (Å²) in [7, 11) is 0. The van der Waals surface area contributed by atoms with Gasteiger partial charge in [0.25, 0.3) is 5.91 Å². The van der Waals surface area contributed by atoms with E-state index in [-0.39, 0.29) is 11.5 Å². The summed E-state index contributed by atoms with van der Waals surface area (Å²) >= 11 is 0. The normalized spacial score (nSPS) is 34.0. The molecule has 3 heterocycles. The lowest BCUT2D eigenvalue weighted by Crippen LogP contribution is -2.55. The molecule has 4 aliphatic rings. The third kappa shape index (κ3) is 2.46. The van der Waals surface area contributed by atoms with Gasteiger partial charge in [-0.25, -0.2) is 4.39 Å². The van der Waals surface area contributed by atoms with Crippen LogP contribution >= 0.6 is 0 Å². The highest BCUT2D eigenvalue weighted by Crippen LogP contribution is 2.41. The first kappa shape index (κ1) is 14.9. The molecule has 22 heavy (non-hydrogen) atoms. The molecule has 4 fully saturated rings. The molecular weight excluding hydrogens is 283 g/mol. The average molecular weight is 310 g/mol. The van der Waals surface area contributed by atoms with E-state index in [4.69, 9.17) is 4.74 Å². The van der Waals surface area contributed by atoms with Gasteiger partial charge in [-0.05, 0) is 64.5 Å². The summed E-state index contributed by atoms with van der Waals surface area (Å²) in [5.41, 5.74) is -1.59. The van der Waals surface area contributed by atoms with Gasteiger partial charge in [0.15, 0.2) is 5.67 Å². The van der Waals surface area contributed by atoms with Crippen molar-refractivity contribution in [1.29, 1.82) is 0 Å². The smallest absolute Gasteiger partial charge is 0.260 e. The molecule has 5 heteroatoms. The highest BCUT2D eigenvalue weighted by molar-refractivity contribution is 5.86. The summed E-state index contributed by atoms with van der Waals surface area (Å²) in [6.45, 7) is 4.58. The summed E-state index contributed by atoms with van der Waals surface area (Å²) in [5.74, 6) is -0.261. The molecule has 4 nitrogen and oxygen atoms in total. The van der Waals surface area contributed by atoms with Crippen molar-refractivity contribution in [3.05, 3.63) is 0 Å². The number of alkyl halides is 1. The van der Waals surface area contributed by atoms with E-state index < -0.39 is 5.67 Å². The number of nitrogens with zero attached hydrogens (tertiary/aromatic N) is 2. The van der Waals surface area contributed by atoms with Crippen molar-refractivity contribution in [2.24, 2.45) is 0 Å². The lowest BCUT2D eigenvalue weighted by Gasteiger charge is -2.43. The first-order valence-electron chi connectivity index (χ1n) is 8.97. The Morgan fingerprint density at radius 1 is 1.00 bits per heavy atom. The molecular formula is C17H27FN2O2. The SMILES string of the molecule is O=C(N1CCC2(CC1)C[C@@H](N1CCCC1)CO2)C1(F)CCC1. The van der Waals surface area contributed by atoms with Crippen LogP contribution in [0.4, 0.5) is 4.39 Å². The van der Waals surface area contributed by atoms with E-state index in [1.807, 2.05) is 0 Å². The van der Waals surface area contributed by atoms with Crippen LogP contribution in [-0.4, -0.2) is 65.8 Å². The summed E-state index contributed by atoms with van der Waals surface area (Å²) in [4.78, 5) is 16.6. The predicted molar refractivity (Wildman–Crippen MR) is 81.4 cm³/mol. The van der Waals surface area contributed by atoms with E-state index in [9.17, 15) is 9.18 Å². The number of amides is 1. The first-order chi connectivity index (χ1) is 10.6. The number of piperidine rings is 1. The van der Waals surface area contributed by atoms with E-state index in [1.54, 1.807) is 4.90 Å². The molecule has 0 aromatic carbocycles. The third-order valence-electron chi connectivity index (χ3n) is 6.34. The molecule has 0 N–H and O–H groups in total. The van der Waals surface area contributed by atoms with Gasteiger partial charge in [-0.15, -0.1) is 0 Å². The van der Waals surface area contributed by atoms with Crippen LogP contribution in [0.1, 0.15) is 51.4 Å². The number of ether oxygens (including phenoxy) is 1. The van der Waals surface area contributed by atoms with E-state index in [0.717, 1.165) is 32.3 Å². The molecule has 3 saturated heterocycles. The zero-order valence-corrected chi connectivity index (χ0v) is 13.4. The molecule has 1 spiro atoms. The van der Waals surface area contributed by atoms with Gasteiger partial charge in [0.1, 0.15) is 0 Å². The van der Waals surface area contributed by atoms with Crippen LogP contribution < -0.4 is 0 Å². The molecule has 1 saturated carbocycles. The van der Waals surface area contributed by atoms with Crippen LogP contribution in [0.15, 0.2) is 0 Å². The topological polar surface area (TPSA) is 32.8 Å². The van der Waals surface area contributed by atoms with Crippen molar-refractivity contribution in [2.45, 2.75) is 68.7 Å². The lowest BCUT2D eigenvalue weighted by atomic mass is 9.79. The molecule has 0 radical (unpaired) electrons. The van der Waals surface area contributed by atoms with E-state index >= 15 is 0 Å². The second-order valence-corrected chi connectivity index (χ2v) is 7.71. The standard InChI is InChI=1S/C17H27FN2O2/c18-17(4-3-5-17)15(21)20-10-6-16(7-11-20)12-14(13-22-16)19-8-1-2-9-19/h14H,1-13H2/t14-/m1/s1. The largest absolute Gasteiger partial charge is 0.373 e. The minimum absolute atomic E-state index is 0.0485. The molecule has 0 bridgehead atoms. The Morgan fingerprint density at radius 3 is 2.27 bits per heavy atom. The third-order valence-corrected chi connectivity index (χ3v) is 6.34. The Morgan fingerprint density at radius 2 is 1.68 bits per heavy atom. The average Bonchev–Trinajstić information content (AvgIpc) is 3.15. The molecule has 1 amide bonds. The maximum absolute atomic E-state index is 14.3. The quantitative estimate of drug-likeness (QED) is 0.783. The van der Waals surface area contributed by atoms with Crippen molar-refractivity contribution in [2.75, 3.05) is 32.8 Å². The Balaban J connectivity index is 1.33. The van der Waals surface area contributed by atoms with Gasteiger partial charge in [-0.2, -0.15) is 0 Å². The molecule has 0 unspecified atom stereocenters. The lowest BCUT2D eigenvalue weighted by molar-refractivity contribution is -0.154. The van der Waals surface area contributed by atoms with Gasteiger partial charge in [-0.1, -0.05) is 0 Å². The predicted octanol–water partition coefficient (Wildman–Crippen LogP) is 2.12. The van der Waals surface area contributed by atoms with Crippen LogP contribution in [0.5, 0.6) is 0 Å². The number of hydrogen-bond donors (Lipinski definition) is 0. The number of halogens is 1. The Hall–Kier alpha value is -0.680. The van der Waals surface area contributed by atoms with Crippen LogP contribution in [0.2, 0.25) is 0 Å². The number of rotatable bonds is 2. The molecule has 1 aliphatic carbocycles. The van der Waals surface area contributed by atoms with Gasteiger partial charge in [-0.3, -0.25) is 9.69 Å². The minimum Gasteiger partial charge on any atom is -0.373 e. The molecule has 0 aromatic rings. The number of carbonyl (C=O) groups excluding carboxylic acids is 1. The first-order valence-corrected chi connectivity index (χ1v) is 8.97. The van der Waals surface area contributed by atoms with Crippen molar-refractivity contribution in [3.63, 3.8) is 0 Å². The fourth-order valence-corrected chi connectivity index (χ4v) is 4.61. The fraction of sp³-hybridized carbons (Fsp3) is 0.941. The summed E-state index contributed by atoms with van der Waals surface area (Å²) in [6.07, 6.45) is 7.14. The van der Waals surface area contributed by atoms with Crippen molar-refractivity contribution in [1.82, 2.24) is 9.80 Å². The van der Waals surface area contributed by atoms with Gasteiger partial charge in [0.2, 0.25) is 0 Å². The summed E-state index contributed by atoms with van der Waals surface area (Å²) in [6, 6.07) is 0.559. The summed E-state index contributed by atoms with van der Waals surface area (Å²) in [5, 5.41) is 0. The van der Waals surface area contributed by atoms with Crippen molar-refractivity contribution < 1.29 is 13.9 Å². The van der Waals surface area contributed by atoms with E-state index in [1.165, 1.54) is 25.9 Å². The molecule has 1 atom stereocenters.